The fraction of sp³-hybridized carbons (Fsp3) is 0.278. The molecule has 230 valence electrons. The molecule has 0 bridgehead atoms. The summed E-state index contributed by atoms with van der Waals surface area (Å²) in [5.41, 5.74) is 6.97. The molecule has 4 aromatic carbocycles. The van der Waals surface area contributed by atoms with Crippen LogP contribution < -0.4 is 37.0 Å². The van der Waals surface area contributed by atoms with Crippen molar-refractivity contribution in [2.75, 3.05) is 26.9 Å². The molecular formula is C36H44FN5OP+. The first-order chi connectivity index (χ1) is 21.4. The molecule has 44 heavy (non-hydrogen) atoms. The summed E-state index contributed by atoms with van der Waals surface area (Å²) in [6.45, 7) is -3.49. The largest absolute Gasteiger partial charge is 0.251 e. The summed E-state index contributed by atoms with van der Waals surface area (Å²) >= 11 is 0. The van der Waals surface area contributed by atoms with Crippen molar-refractivity contribution < 1.29 is 13.5 Å². The number of nitrogens with one attached hydrogen (secondary N) is 2. The minimum Gasteiger partial charge on any atom is -0.251 e. The van der Waals surface area contributed by atoms with Crippen molar-refractivity contribution >= 4 is 34.7 Å². The van der Waals surface area contributed by atoms with Crippen LogP contribution in [0.3, 0.4) is 0 Å². The first-order valence-corrected chi connectivity index (χ1v) is 17.7. The van der Waals surface area contributed by atoms with E-state index in [-0.39, 0.29) is 6.17 Å². The van der Waals surface area contributed by atoms with E-state index in [4.69, 9.17) is 10.5 Å². The van der Waals surface area contributed by atoms with E-state index in [0.717, 1.165) is 65.3 Å². The quantitative estimate of drug-likeness (QED) is 0.105. The first-order valence-electron chi connectivity index (χ1n) is 15.4. The van der Waals surface area contributed by atoms with Crippen LogP contribution in [0.1, 0.15) is 43.8 Å². The molecule has 1 aliphatic heterocycles. The van der Waals surface area contributed by atoms with Gasteiger partial charge in [-0.2, -0.15) is 4.99 Å². The van der Waals surface area contributed by atoms with E-state index in [0.29, 0.717) is 18.7 Å². The zero-order valence-corrected chi connectivity index (χ0v) is 26.6. The summed E-state index contributed by atoms with van der Waals surface area (Å²) in [5, 5.41) is 8.78. The summed E-state index contributed by atoms with van der Waals surface area (Å²) in [6, 6.07) is 37.5. The van der Waals surface area contributed by atoms with Gasteiger partial charge in [0.1, 0.15) is 0 Å². The molecule has 4 aromatic rings. The van der Waals surface area contributed by atoms with Crippen LogP contribution in [0.15, 0.2) is 120 Å². The number of ether oxygens (including phenoxy) is 1. The maximum atomic E-state index is 18.5. The molecule has 5 rings (SSSR count). The Bertz CT molecular complexity index is 1460. The van der Waals surface area contributed by atoms with Gasteiger partial charge in [-0.3, -0.25) is 9.89 Å². The molecule has 8 heteroatoms. The smallest absolute Gasteiger partial charge is 0.251 e. The number of unbranched alkanes of at least 4 members (excludes halogenated alkanes) is 4. The summed E-state index contributed by atoms with van der Waals surface area (Å²) in [7, 11) is 3.88. The van der Waals surface area contributed by atoms with Gasteiger partial charge in [-0.15, -0.1) is 0 Å². The van der Waals surface area contributed by atoms with E-state index >= 15 is 4.20 Å². The zero-order valence-electron chi connectivity index (χ0n) is 25.7. The van der Waals surface area contributed by atoms with Crippen LogP contribution in [0.2, 0.25) is 0 Å². The molecule has 0 saturated carbocycles. The van der Waals surface area contributed by atoms with Gasteiger partial charge in [0.25, 0.3) is 5.96 Å². The minimum absolute atomic E-state index is 0.251. The molecule has 0 fully saturated rings. The normalized spacial score (nSPS) is 15.7. The van der Waals surface area contributed by atoms with Crippen LogP contribution in [0.5, 0.6) is 5.75 Å². The average molecular weight is 613 g/mol. The van der Waals surface area contributed by atoms with Gasteiger partial charge in [0, 0.05) is 0 Å². The number of halogens is 1. The van der Waals surface area contributed by atoms with Crippen molar-refractivity contribution in [1.29, 1.82) is 0 Å². The SMILES string of the molecule is C[N+](C)=C1NC(N)=NC(c2ccc(OCCCCCCCP(F)(c3ccccc3)(c3ccccc3)c3ccccc3)cc2)N1. The standard InChI is InChI=1S/C36H43FN5OP/c1-42(2)36-40-34(39-35(38)41-36)29-23-25-30(26-24-29)43-27-15-4-3-5-16-28-44(37,31-17-9-6-10-18-31,32-19-11-7-12-20-32)33-21-13-8-14-22-33/h6-14,17-26,34H,3-5,15-16,27-28H2,1-2H3,(H3,38,39,40,41)/p+1. The maximum absolute atomic E-state index is 18.5. The Morgan fingerprint density at radius 3 is 1.75 bits per heavy atom. The monoisotopic (exact) mass is 612 g/mol. The average Bonchev–Trinajstić information content (AvgIpc) is 3.07. The summed E-state index contributed by atoms with van der Waals surface area (Å²) in [6.07, 6.45) is 5.08. The predicted octanol–water partition coefficient (Wildman–Crippen LogP) is 5.56. The topological polar surface area (TPSA) is 74.7 Å². The third-order valence-corrected chi connectivity index (χ3v) is 13.6. The second kappa shape index (κ2) is 14.0. The van der Waals surface area contributed by atoms with Crippen molar-refractivity contribution in [3.8, 4) is 5.75 Å². The molecule has 0 amide bonds. The van der Waals surface area contributed by atoms with E-state index in [1.807, 2.05) is 134 Å². The molecule has 1 aliphatic rings. The summed E-state index contributed by atoms with van der Waals surface area (Å²) in [4.78, 5) is 4.46. The number of hydrogen-bond acceptors (Lipinski definition) is 3. The third kappa shape index (κ3) is 6.79. The number of nitrogens with zero attached hydrogens (tertiary/aromatic N) is 2. The van der Waals surface area contributed by atoms with Gasteiger partial charge < -0.3 is 5.73 Å². The van der Waals surface area contributed by atoms with Crippen LogP contribution in [0.25, 0.3) is 0 Å². The van der Waals surface area contributed by atoms with E-state index in [9.17, 15) is 0 Å². The van der Waals surface area contributed by atoms with Crippen molar-refractivity contribution in [3.05, 3.63) is 121 Å². The van der Waals surface area contributed by atoms with Gasteiger partial charge in [-0.25, -0.2) is 5.32 Å². The summed E-state index contributed by atoms with van der Waals surface area (Å²) in [5.74, 6) is 2.02. The van der Waals surface area contributed by atoms with Crippen molar-refractivity contribution in [1.82, 2.24) is 10.6 Å². The number of rotatable bonds is 13. The van der Waals surface area contributed by atoms with E-state index in [1.165, 1.54) is 0 Å². The van der Waals surface area contributed by atoms with Crippen LogP contribution in [-0.4, -0.2) is 43.4 Å². The minimum atomic E-state index is -4.14. The van der Waals surface area contributed by atoms with Crippen LogP contribution in [0.4, 0.5) is 4.20 Å². The molecule has 1 heterocycles. The van der Waals surface area contributed by atoms with Gasteiger partial charge in [-0.1, -0.05) is 0 Å². The Hall–Kier alpha value is -4.22. The van der Waals surface area contributed by atoms with Gasteiger partial charge in [0.05, 0.1) is 14.1 Å². The molecule has 0 aromatic heterocycles. The fourth-order valence-electron chi connectivity index (χ4n) is 5.92. The van der Waals surface area contributed by atoms with Crippen molar-refractivity contribution in [2.45, 2.75) is 38.3 Å². The van der Waals surface area contributed by atoms with E-state index in [1.54, 1.807) is 0 Å². The molecule has 0 saturated heterocycles. The Balaban J connectivity index is 1.15. The summed E-state index contributed by atoms with van der Waals surface area (Å²) < 4.78 is 26.4. The van der Waals surface area contributed by atoms with Crippen LogP contribution in [0, 0.1) is 0 Å². The molecular weight excluding hydrogens is 568 g/mol. The fourth-order valence-corrected chi connectivity index (χ4v) is 10.8. The first kappa shape index (κ1) is 31.2. The molecule has 1 unspecified atom stereocenters. The van der Waals surface area contributed by atoms with Gasteiger partial charge in [0.2, 0.25) is 0 Å². The van der Waals surface area contributed by atoms with Crippen molar-refractivity contribution in [2.24, 2.45) is 10.7 Å². The molecule has 0 aliphatic carbocycles. The van der Waals surface area contributed by atoms with Gasteiger partial charge in [-0.05, 0) is 0 Å². The Kier molecular flexibility index (Phi) is 9.96. The zero-order chi connectivity index (χ0) is 30.9. The number of benzene rings is 4. The van der Waals surface area contributed by atoms with Crippen LogP contribution >= 0.6 is 6.91 Å². The van der Waals surface area contributed by atoms with E-state index < -0.39 is 6.91 Å². The molecule has 1 atom stereocenters. The maximum Gasteiger partial charge on any atom is -0.251 e. The molecule has 0 radical (unpaired) electrons. The predicted molar refractivity (Wildman–Crippen MR) is 184 cm³/mol. The second-order valence-electron chi connectivity index (χ2n) is 11.5. The Morgan fingerprint density at radius 2 is 1.23 bits per heavy atom. The third-order valence-electron chi connectivity index (χ3n) is 8.31. The molecule has 6 nitrogen and oxygen atoms in total. The number of aliphatic imine (C=N–C) groups is 1. The Morgan fingerprint density at radius 1 is 0.727 bits per heavy atom. The molecule has 0 spiro atoms. The number of guanidine groups is 2. The second-order valence-corrected chi connectivity index (χ2v) is 15.9. The van der Waals surface area contributed by atoms with E-state index in [2.05, 4.69) is 15.6 Å². The molecule has 4 N–H and O–H groups in total. The van der Waals surface area contributed by atoms with Gasteiger partial charge in [0.15, 0.2) is 6.17 Å². The number of nitrogens with two attached hydrogens (primary N) is 1. The van der Waals surface area contributed by atoms with Crippen LogP contribution in [-0.2, 0) is 0 Å². The number of hydrogen-bond donors (Lipinski definition) is 3. The van der Waals surface area contributed by atoms with Gasteiger partial charge >= 0.3 is 209 Å². The Labute approximate surface area is 260 Å². The van der Waals surface area contributed by atoms with Crippen molar-refractivity contribution in [3.63, 3.8) is 0 Å².